The number of ether oxygens (including phenoxy) is 1. The molecule has 0 radical (unpaired) electrons. The Hall–Kier alpha value is -1.94. The van der Waals surface area contributed by atoms with Gasteiger partial charge in [0.15, 0.2) is 0 Å². The van der Waals surface area contributed by atoms with Crippen LogP contribution < -0.4 is 4.74 Å². The monoisotopic (exact) mass is 427 g/mol. The van der Waals surface area contributed by atoms with Crippen molar-refractivity contribution in [1.29, 1.82) is 0 Å². The molecule has 3 aromatic rings. The van der Waals surface area contributed by atoms with Crippen molar-refractivity contribution in [2.75, 3.05) is 7.11 Å². The second-order valence-corrected chi connectivity index (χ2v) is 9.17. The molecule has 0 saturated carbocycles. The van der Waals surface area contributed by atoms with Crippen LogP contribution in [0.3, 0.4) is 0 Å². The van der Waals surface area contributed by atoms with Gasteiger partial charge in [0.1, 0.15) is 10.6 Å². The fourth-order valence-electron chi connectivity index (χ4n) is 2.48. The largest absolute Gasteiger partial charge is 0.495 e. The molecule has 0 saturated heterocycles. The van der Waals surface area contributed by atoms with Gasteiger partial charge in [-0.05, 0) is 43.5 Å². The minimum Gasteiger partial charge on any atom is -0.495 e. The van der Waals surface area contributed by atoms with Crippen molar-refractivity contribution in [3.8, 4) is 16.5 Å². The number of halogens is 1. The molecule has 10 heteroatoms. The van der Waals surface area contributed by atoms with Crippen LogP contribution in [0.25, 0.3) is 10.7 Å². The van der Waals surface area contributed by atoms with Gasteiger partial charge < -0.3 is 9.26 Å². The van der Waals surface area contributed by atoms with Gasteiger partial charge in [-0.25, -0.2) is 8.42 Å². The molecule has 2 heterocycles. The third kappa shape index (κ3) is 4.16. The van der Waals surface area contributed by atoms with E-state index in [1.807, 2.05) is 17.5 Å². The Morgan fingerprint density at radius 3 is 2.74 bits per heavy atom. The van der Waals surface area contributed by atoms with Gasteiger partial charge in [0.05, 0.1) is 18.5 Å². The zero-order valence-corrected chi connectivity index (χ0v) is 17.3. The van der Waals surface area contributed by atoms with E-state index in [9.17, 15) is 8.42 Å². The van der Waals surface area contributed by atoms with Gasteiger partial charge in [-0.1, -0.05) is 22.8 Å². The van der Waals surface area contributed by atoms with Crippen molar-refractivity contribution < 1.29 is 17.7 Å². The molecular formula is C17H18ClN3O4S2. The van der Waals surface area contributed by atoms with E-state index in [2.05, 4.69) is 10.1 Å². The summed E-state index contributed by atoms with van der Waals surface area (Å²) in [6.45, 7) is 3.48. The van der Waals surface area contributed by atoms with Crippen molar-refractivity contribution in [1.82, 2.24) is 14.4 Å². The van der Waals surface area contributed by atoms with Crippen LogP contribution in [0, 0.1) is 0 Å². The summed E-state index contributed by atoms with van der Waals surface area (Å²) in [5.74, 6) is 0.855. The van der Waals surface area contributed by atoms with Crippen molar-refractivity contribution >= 4 is 33.0 Å². The first-order chi connectivity index (χ1) is 12.8. The maximum Gasteiger partial charge on any atom is 0.247 e. The van der Waals surface area contributed by atoms with Crippen LogP contribution in [-0.4, -0.2) is 36.0 Å². The van der Waals surface area contributed by atoms with Gasteiger partial charge in [-0.15, -0.1) is 11.3 Å². The first-order valence-corrected chi connectivity index (χ1v) is 10.7. The van der Waals surface area contributed by atoms with Crippen molar-refractivity contribution in [3.05, 3.63) is 46.6 Å². The van der Waals surface area contributed by atoms with Crippen LogP contribution in [0.1, 0.15) is 19.7 Å². The minimum absolute atomic E-state index is 0.0100. The summed E-state index contributed by atoms with van der Waals surface area (Å²) < 4.78 is 38.2. The van der Waals surface area contributed by atoms with E-state index in [1.165, 1.54) is 34.9 Å². The van der Waals surface area contributed by atoms with E-state index in [0.717, 1.165) is 4.88 Å². The molecule has 0 aliphatic heterocycles. The SMILES string of the molecule is COc1ccc(Cl)cc1S(=O)(=O)N(Cc1nc(-c2cccs2)no1)C(C)C. The average Bonchev–Trinajstić information content (AvgIpc) is 3.30. The van der Waals surface area contributed by atoms with Gasteiger partial charge >= 0.3 is 0 Å². The highest BCUT2D eigenvalue weighted by atomic mass is 35.5. The normalized spacial score (nSPS) is 12.1. The first kappa shape index (κ1) is 19.8. The molecule has 0 amide bonds. The van der Waals surface area contributed by atoms with E-state index in [-0.39, 0.29) is 29.1 Å². The molecule has 3 rings (SSSR count). The first-order valence-electron chi connectivity index (χ1n) is 8.04. The quantitative estimate of drug-likeness (QED) is 0.565. The molecule has 27 heavy (non-hydrogen) atoms. The standard InChI is InChI=1S/C17H18ClN3O4S2/c1-11(2)21(10-16-19-17(20-25-16)14-5-4-8-26-14)27(22,23)15-9-12(18)6-7-13(15)24-3/h4-9,11H,10H2,1-3H3. The van der Waals surface area contributed by atoms with E-state index in [1.54, 1.807) is 19.9 Å². The van der Waals surface area contributed by atoms with Crippen LogP contribution in [0.5, 0.6) is 5.75 Å². The Bertz CT molecular complexity index is 1020. The van der Waals surface area contributed by atoms with Crippen molar-refractivity contribution in [2.24, 2.45) is 0 Å². The number of hydrogen-bond donors (Lipinski definition) is 0. The highest BCUT2D eigenvalue weighted by molar-refractivity contribution is 7.89. The Morgan fingerprint density at radius 2 is 2.11 bits per heavy atom. The second-order valence-electron chi connectivity index (χ2n) is 5.93. The zero-order chi connectivity index (χ0) is 19.6. The third-order valence-electron chi connectivity index (χ3n) is 3.79. The van der Waals surface area contributed by atoms with Crippen LogP contribution in [0.4, 0.5) is 0 Å². The van der Waals surface area contributed by atoms with Gasteiger partial charge in [0.2, 0.25) is 21.7 Å². The number of thiophene rings is 1. The lowest BCUT2D eigenvalue weighted by Crippen LogP contribution is -2.36. The summed E-state index contributed by atoms with van der Waals surface area (Å²) in [7, 11) is -2.50. The van der Waals surface area contributed by atoms with Gasteiger partial charge in [-0.3, -0.25) is 0 Å². The predicted molar refractivity (Wildman–Crippen MR) is 103 cm³/mol. The van der Waals surface area contributed by atoms with Crippen LogP contribution in [0.15, 0.2) is 45.1 Å². The molecule has 2 aromatic heterocycles. The van der Waals surface area contributed by atoms with Crippen LogP contribution in [0.2, 0.25) is 5.02 Å². The van der Waals surface area contributed by atoms with E-state index in [4.69, 9.17) is 20.9 Å². The highest BCUT2D eigenvalue weighted by Gasteiger charge is 2.32. The Morgan fingerprint density at radius 1 is 1.33 bits per heavy atom. The molecule has 0 aliphatic carbocycles. The fourth-order valence-corrected chi connectivity index (χ4v) is 5.14. The van der Waals surface area contributed by atoms with Crippen LogP contribution >= 0.6 is 22.9 Å². The Balaban J connectivity index is 1.95. The second kappa shape index (κ2) is 7.97. The van der Waals surface area contributed by atoms with Crippen molar-refractivity contribution in [3.63, 3.8) is 0 Å². The molecular weight excluding hydrogens is 410 g/mol. The summed E-state index contributed by atoms with van der Waals surface area (Å²) in [6, 6.07) is 7.87. The molecule has 0 N–H and O–H groups in total. The Kier molecular flexibility index (Phi) is 5.85. The smallest absolute Gasteiger partial charge is 0.247 e. The van der Waals surface area contributed by atoms with Gasteiger partial charge in [-0.2, -0.15) is 9.29 Å². The molecule has 0 spiro atoms. The molecule has 0 fully saturated rings. The molecule has 0 bridgehead atoms. The fraction of sp³-hybridized carbons (Fsp3) is 0.294. The summed E-state index contributed by atoms with van der Waals surface area (Å²) >= 11 is 7.48. The van der Waals surface area contributed by atoms with Gasteiger partial charge in [0, 0.05) is 11.1 Å². The lowest BCUT2D eigenvalue weighted by Gasteiger charge is -2.25. The number of methoxy groups -OCH3 is 1. The number of nitrogens with zero attached hydrogens (tertiary/aromatic N) is 3. The molecule has 0 atom stereocenters. The summed E-state index contributed by atoms with van der Waals surface area (Å²) in [4.78, 5) is 5.15. The van der Waals surface area contributed by atoms with E-state index >= 15 is 0 Å². The number of sulfonamides is 1. The molecule has 7 nitrogen and oxygen atoms in total. The molecule has 1 aromatic carbocycles. The number of rotatable bonds is 7. The minimum atomic E-state index is -3.91. The molecule has 144 valence electrons. The summed E-state index contributed by atoms with van der Waals surface area (Å²) in [6.07, 6.45) is 0. The van der Waals surface area contributed by atoms with Crippen LogP contribution in [-0.2, 0) is 16.6 Å². The van der Waals surface area contributed by atoms with E-state index in [0.29, 0.717) is 10.8 Å². The maximum absolute atomic E-state index is 13.2. The zero-order valence-electron chi connectivity index (χ0n) is 14.9. The number of aromatic nitrogens is 2. The highest BCUT2D eigenvalue weighted by Crippen LogP contribution is 2.31. The van der Waals surface area contributed by atoms with E-state index < -0.39 is 10.0 Å². The predicted octanol–water partition coefficient (Wildman–Crippen LogP) is 4.06. The average molecular weight is 428 g/mol. The lowest BCUT2D eigenvalue weighted by atomic mass is 10.3. The number of benzene rings is 1. The summed E-state index contributed by atoms with van der Waals surface area (Å²) in [5.41, 5.74) is 0. The molecule has 0 aliphatic rings. The Labute approximate surface area is 166 Å². The lowest BCUT2D eigenvalue weighted by molar-refractivity contribution is 0.285. The third-order valence-corrected chi connectivity index (χ3v) is 6.93. The summed E-state index contributed by atoms with van der Waals surface area (Å²) in [5, 5.41) is 6.14. The topological polar surface area (TPSA) is 85.5 Å². The van der Waals surface area contributed by atoms with Gasteiger partial charge in [0.25, 0.3) is 0 Å². The van der Waals surface area contributed by atoms with Crippen molar-refractivity contribution in [2.45, 2.75) is 31.3 Å². The maximum atomic E-state index is 13.2. The molecule has 0 unspecified atom stereocenters. The number of hydrogen-bond acceptors (Lipinski definition) is 7.